The highest BCUT2D eigenvalue weighted by atomic mass is 31.2. The molecule has 0 bridgehead atoms. The maximum atomic E-state index is 15.5. The van der Waals surface area contributed by atoms with E-state index in [4.69, 9.17) is 0 Å². The Morgan fingerprint density at radius 2 is 0.911 bits per heavy atom. The number of hydrogen-bond acceptors (Lipinski definition) is 2. The minimum absolute atomic E-state index is 0.291. The standard InChI is InChI=1S/C42H43O2P/c43-41-23-9-7-21-39(41)36-16-12-15-35(30-36)34-14-11-13-33(29-34)31-25-27-32(28-26-31)40-22-8-10-24-42(40)45(44,37-17-3-1-4-18-37)38-19-5-2-6-20-38/h7-16,21-30,37-38,43H,1-6,17-20H2. The summed E-state index contributed by atoms with van der Waals surface area (Å²) in [4.78, 5) is 0. The molecule has 2 fully saturated rings. The Morgan fingerprint density at radius 1 is 0.444 bits per heavy atom. The highest BCUT2D eigenvalue weighted by Gasteiger charge is 2.43. The molecule has 0 spiro atoms. The third kappa shape index (κ3) is 6.06. The molecule has 7 rings (SSSR count). The molecule has 0 aromatic heterocycles. The van der Waals surface area contributed by atoms with Crippen molar-refractivity contribution in [3.63, 3.8) is 0 Å². The van der Waals surface area contributed by atoms with Crippen molar-refractivity contribution in [1.82, 2.24) is 0 Å². The van der Waals surface area contributed by atoms with Crippen LogP contribution in [0.1, 0.15) is 64.2 Å². The van der Waals surface area contributed by atoms with Crippen LogP contribution in [0.5, 0.6) is 5.75 Å². The van der Waals surface area contributed by atoms with Crippen molar-refractivity contribution in [2.75, 3.05) is 0 Å². The van der Waals surface area contributed by atoms with Crippen LogP contribution in [0.4, 0.5) is 0 Å². The highest BCUT2D eigenvalue weighted by molar-refractivity contribution is 7.73. The molecule has 45 heavy (non-hydrogen) atoms. The minimum Gasteiger partial charge on any atom is -0.507 e. The number of rotatable bonds is 7. The third-order valence-corrected chi connectivity index (χ3v) is 14.7. The predicted octanol–water partition coefficient (Wildman–Crippen LogP) is 11.7. The molecule has 5 aromatic carbocycles. The van der Waals surface area contributed by atoms with E-state index in [0.717, 1.165) is 69.9 Å². The van der Waals surface area contributed by atoms with Gasteiger partial charge in [-0.3, -0.25) is 0 Å². The Bertz CT molecular complexity index is 1790. The van der Waals surface area contributed by atoms with Crippen molar-refractivity contribution < 1.29 is 9.67 Å². The molecule has 2 nitrogen and oxygen atoms in total. The molecule has 0 amide bonds. The second kappa shape index (κ2) is 13.2. The molecule has 3 heteroatoms. The fraction of sp³-hybridized carbons (Fsp3) is 0.286. The van der Waals surface area contributed by atoms with Crippen LogP contribution in [0.3, 0.4) is 0 Å². The number of hydrogen-bond donors (Lipinski definition) is 1. The van der Waals surface area contributed by atoms with Gasteiger partial charge in [-0.2, -0.15) is 0 Å². The second-order valence-corrected chi connectivity index (χ2v) is 16.4. The van der Waals surface area contributed by atoms with Crippen LogP contribution in [-0.4, -0.2) is 16.4 Å². The monoisotopic (exact) mass is 610 g/mol. The summed E-state index contributed by atoms with van der Waals surface area (Å²) >= 11 is 0. The summed E-state index contributed by atoms with van der Waals surface area (Å²) in [6.45, 7) is 0. The van der Waals surface area contributed by atoms with Gasteiger partial charge in [0, 0.05) is 22.2 Å². The van der Waals surface area contributed by atoms with Gasteiger partial charge in [-0.1, -0.05) is 142 Å². The number of aromatic hydroxyl groups is 1. The van der Waals surface area contributed by atoms with Crippen molar-refractivity contribution >= 4 is 12.4 Å². The zero-order chi connectivity index (χ0) is 30.6. The quantitative estimate of drug-likeness (QED) is 0.186. The van der Waals surface area contributed by atoms with Gasteiger partial charge in [-0.05, 0) is 82.8 Å². The van der Waals surface area contributed by atoms with Gasteiger partial charge in [0.15, 0.2) is 0 Å². The fourth-order valence-electron chi connectivity index (χ4n) is 7.95. The topological polar surface area (TPSA) is 37.3 Å². The van der Waals surface area contributed by atoms with E-state index in [0.29, 0.717) is 17.1 Å². The van der Waals surface area contributed by atoms with Crippen LogP contribution in [0.25, 0.3) is 44.5 Å². The van der Waals surface area contributed by atoms with Crippen molar-refractivity contribution in [3.8, 4) is 50.3 Å². The van der Waals surface area contributed by atoms with E-state index in [1.54, 1.807) is 6.07 Å². The summed E-state index contributed by atoms with van der Waals surface area (Å²) in [7, 11) is -2.58. The number of phenolic OH excluding ortho intramolecular Hbond substituents is 1. The summed E-state index contributed by atoms with van der Waals surface area (Å²) in [6.07, 6.45) is 11.9. The Kier molecular flexibility index (Phi) is 8.77. The first-order valence-corrected chi connectivity index (χ1v) is 18.7. The van der Waals surface area contributed by atoms with Gasteiger partial charge < -0.3 is 9.67 Å². The predicted molar refractivity (Wildman–Crippen MR) is 191 cm³/mol. The molecule has 1 N–H and O–H groups in total. The van der Waals surface area contributed by atoms with Gasteiger partial charge in [-0.15, -0.1) is 0 Å². The second-order valence-electron chi connectivity index (χ2n) is 13.1. The molecule has 0 unspecified atom stereocenters. The van der Waals surface area contributed by atoms with Crippen LogP contribution in [-0.2, 0) is 4.57 Å². The Labute approximate surface area is 268 Å². The molecule has 5 aromatic rings. The van der Waals surface area contributed by atoms with Gasteiger partial charge in [0.1, 0.15) is 12.9 Å². The van der Waals surface area contributed by atoms with E-state index in [9.17, 15) is 5.11 Å². The molecule has 2 aliphatic rings. The third-order valence-electron chi connectivity index (χ3n) is 10.3. The van der Waals surface area contributed by atoms with Crippen LogP contribution in [0, 0.1) is 0 Å². The summed E-state index contributed by atoms with van der Waals surface area (Å²) < 4.78 is 15.5. The first-order valence-electron chi connectivity index (χ1n) is 16.9. The molecule has 228 valence electrons. The molecule has 2 saturated carbocycles. The Balaban J connectivity index is 1.20. The van der Waals surface area contributed by atoms with E-state index >= 15 is 4.57 Å². The van der Waals surface area contributed by atoms with Crippen molar-refractivity contribution in [2.45, 2.75) is 75.5 Å². The Morgan fingerprint density at radius 3 is 1.51 bits per heavy atom. The van der Waals surface area contributed by atoms with Crippen LogP contribution >= 0.6 is 7.14 Å². The van der Waals surface area contributed by atoms with Gasteiger partial charge >= 0.3 is 0 Å². The van der Waals surface area contributed by atoms with Gasteiger partial charge in [0.25, 0.3) is 0 Å². The van der Waals surface area contributed by atoms with Gasteiger partial charge in [0.05, 0.1) is 0 Å². The summed E-state index contributed by atoms with van der Waals surface area (Å²) in [5.41, 5.74) is 9.41. The van der Waals surface area contributed by atoms with Gasteiger partial charge in [0.2, 0.25) is 0 Å². The lowest BCUT2D eigenvalue weighted by Gasteiger charge is -2.39. The summed E-state index contributed by atoms with van der Waals surface area (Å²) in [6, 6.07) is 42.1. The first kappa shape index (κ1) is 29.8. The maximum absolute atomic E-state index is 15.5. The number of para-hydroxylation sites is 1. The summed E-state index contributed by atoms with van der Waals surface area (Å²) in [5.74, 6) is 0.291. The molecule has 0 aliphatic heterocycles. The zero-order valence-corrected chi connectivity index (χ0v) is 27.0. The van der Waals surface area contributed by atoms with Crippen molar-refractivity contribution in [2.24, 2.45) is 0 Å². The van der Waals surface area contributed by atoms with Crippen LogP contribution in [0.15, 0.2) is 121 Å². The molecular formula is C42H43O2P. The van der Waals surface area contributed by atoms with E-state index < -0.39 is 7.14 Å². The lowest BCUT2D eigenvalue weighted by Crippen LogP contribution is -2.30. The van der Waals surface area contributed by atoms with E-state index in [1.807, 2.05) is 24.3 Å². The van der Waals surface area contributed by atoms with Crippen molar-refractivity contribution in [3.05, 3.63) is 121 Å². The smallest absolute Gasteiger partial charge is 0.123 e. The molecular weight excluding hydrogens is 567 g/mol. The van der Waals surface area contributed by atoms with E-state index in [2.05, 4.69) is 91.0 Å². The molecule has 0 atom stereocenters. The lowest BCUT2D eigenvalue weighted by molar-refractivity contribution is 0.453. The van der Waals surface area contributed by atoms with Gasteiger partial charge in [-0.25, -0.2) is 0 Å². The highest BCUT2D eigenvalue weighted by Crippen LogP contribution is 2.62. The number of phenols is 1. The largest absolute Gasteiger partial charge is 0.507 e. The maximum Gasteiger partial charge on any atom is 0.123 e. The fourth-order valence-corrected chi connectivity index (χ4v) is 12.5. The van der Waals surface area contributed by atoms with Crippen LogP contribution in [0.2, 0.25) is 0 Å². The molecule has 0 saturated heterocycles. The first-order chi connectivity index (χ1) is 22.1. The Hall–Kier alpha value is -3.87. The normalized spacial score (nSPS) is 16.4. The molecule has 0 heterocycles. The average molecular weight is 611 g/mol. The molecule has 2 aliphatic carbocycles. The van der Waals surface area contributed by atoms with E-state index in [1.165, 1.54) is 44.1 Å². The average Bonchev–Trinajstić information content (AvgIpc) is 3.12. The van der Waals surface area contributed by atoms with E-state index in [-0.39, 0.29) is 0 Å². The van der Waals surface area contributed by atoms with Crippen molar-refractivity contribution in [1.29, 1.82) is 0 Å². The summed E-state index contributed by atoms with van der Waals surface area (Å²) in [5, 5.41) is 11.5. The SMILES string of the molecule is O=P(c1ccccc1-c1ccc(-c2cccc(-c3cccc(-c4ccccc4O)c3)c2)cc1)(C1CCCCC1)C1CCCCC1. The zero-order valence-electron chi connectivity index (χ0n) is 26.1. The van der Waals surface area contributed by atoms with Crippen LogP contribution < -0.4 is 5.30 Å². The lowest BCUT2D eigenvalue weighted by atomic mass is 9.95. The minimum atomic E-state index is -2.58. The number of benzene rings is 5. The molecule has 0 radical (unpaired) electrons.